The number of carbonyl (C=O) groups is 2. The molecule has 2 aromatic heterocycles. The summed E-state index contributed by atoms with van der Waals surface area (Å²) in [4.78, 5) is 28.4. The summed E-state index contributed by atoms with van der Waals surface area (Å²) >= 11 is 5.95. The number of aromatic nitrogens is 1. The Morgan fingerprint density at radius 1 is 1.28 bits per heavy atom. The summed E-state index contributed by atoms with van der Waals surface area (Å²) in [6, 6.07) is 11.7. The molecule has 128 valence electrons. The van der Waals surface area contributed by atoms with Crippen LogP contribution in [0.25, 0.3) is 10.9 Å². The van der Waals surface area contributed by atoms with Gasteiger partial charge in [0.15, 0.2) is 6.61 Å². The molecule has 1 atom stereocenters. The molecule has 0 spiro atoms. The maximum Gasteiger partial charge on any atom is 0.339 e. The van der Waals surface area contributed by atoms with Crippen molar-refractivity contribution >= 4 is 34.4 Å². The van der Waals surface area contributed by atoms with Gasteiger partial charge in [0.25, 0.3) is 5.91 Å². The summed E-state index contributed by atoms with van der Waals surface area (Å²) in [5.41, 5.74) is 0.848. The van der Waals surface area contributed by atoms with E-state index in [9.17, 15) is 9.59 Å². The summed E-state index contributed by atoms with van der Waals surface area (Å²) in [5, 5.41) is 3.48. The smallest absolute Gasteiger partial charge is 0.339 e. The van der Waals surface area contributed by atoms with Crippen LogP contribution in [0.1, 0.15) is 29.1 Å². The number of rotatable bonds is 5. The number of carbonyl (C=O) groups excluding carboxylic acids is 2. The fourth-order valence-corrected chi connectivity index (χ4v) is 2.61. The standard InChI is InChI=1S/C18H15ClN2O4/c1-11(15-7-4-8-24-15)20-17(22)10-25-18(23)13-9-16(19)21-14-6-3-2-5-12(13)14/h2-9,11H,10H2,1H3,(H,20,22)/t11-/m0/s1. The van der Waals surface area contributed by atoms with Crippen LogP contribution >= 0.6 is 11.6 Å². The van der Waals surface area contributed by atoms with Crippen LogP contribution in [0.2, 0.25) is 5.15 Å². The maximum absolute atomic E-state index is 12.3. The summed E-state index contributed by atoms with van der Waals surface area (Å²) < 4.78 is 10.3. The van der Waals surface area contributed by atoms with Crippen molar-refractivity contribution in [3.05, 3.63) is 65.2 Å². The molecule has 3 aromatic rings. The zero-order valence-corrected chi connectivity index (χ0v) is 14.1. The molecule has 1 N–H and O–H groups in total. The maximum atomic E-state index is 12.3. The van der Waals surface area contributed by atoms with E-state index in [0.717, 1.165) is 0 Å². The molecular weight excluding hydrogens is 344 g/mol. The first-order valence-corrected chi connectivity index (χ1v) is 7.97. The molecule has 0 fully saturated rings. The molecule has 0 saturated carbocycles. The van der Waals surface area contributed by atoms with Gasteiger partial charge >= 0.3 is 5.97 Å². The van der Waals surface area contributed by atoms with Crippen LogP contribution in [0, 0.1) is 0 Å². The van der Waals surface area contributed by atoms with Crippen molar-refractivity contribution in [1.29, 1.82) is 0 Å². The second-order valence-electron chi connectivity index (χ2n) is 5.39. The van der Waals surface area contributed by atoms with E-state index in [1.54, 1.807) is 43.3 Å². The van der Waals surface area contributed by atoms with Crippen LogP contribution < -0.4 is 5.32 Å². The van der Waals surface area contributed by atoms with Gasteiger partial charge in [-0.15, -0.1) is 0 Å². The summed E-state index contributed by atoms with van der Waals surface area (Å²) in [6.07, 6.45) is 1.52. The SMILES string of the molecule is C[C@H](NC(=O)COC(=O)c1cc(Cl)nc2ccccc12)c1ccco1. The Bertz CT molecular complexity index is 909. The molecule has 0 aliphatic rings. The Morgan fingerprint density at radius 2 is 2.08 bits per heavy atom. The number of pyridine rings is 1. The highest BCUT2D eigenvalue weighted by molar-refractivity contribution is 6.30. The molecule has 6 nitrogen and oxygen atoms in total. The molecule has 25 heavy (non-hydrogen) atoms. The highest BCUT2D eigenvalue weighted by Crippen LogP contribution is 2.21. The van der Waals surface area contributed by atoms with Crippen molar-refractivity contribution in [3.63, 3.8) is 0 Å². The molecule has 3 rings (SSSR count). The Hall–Kier alpha value is -2.86. The first kappa shape index (κ1) is 17.0. The van der Waals surface area contributed by atoms with E-state index < -0.39 is 18.5 Å². The van der Waals surface area contributed by atoms with Gasteiger partial charge in [-0.3, -0.25) is 4.79 Å². The zero-order chi connectivity index (χ0) is 17.8. The number of fused-ring (bicyclic) bond motifs is 1. The Labute approximate surface area is 148 Å². The molecule has 0 bridgehead atoms. The van der Waals surface area contributed by atoms with Crippen LogP contribution in [0.5, 0.6) is 0 Å². The van der Waals surface area contributed by atoms with Gasteiger partial charge in [0, 0.05) is 5.39 Å². The number of para-hydroxylation sites is 1. The first-order chi connectivity index (χ1) is 12.0. The predicted octanol–water partition coefficient (Wildman–Crippen LogP) is 3.52. The number of nitrogens with zero attached hydrogens (tertiary/aromatic N) is 1. The third-order valence-electron chi connectivity index (χ3n) is 3.59. The lowest BCUT2D eigenvalue weighted by Crippen LogP contribution is -2.31. The number of amides is 1. The molecule has 7 heteroatoms. The Morgan fingerprint density at radius 3 is 2.84 bits per heavy atom. The Kier molecular flexibility index (Phi) is 5.00. The lowest BCUT2D eigenvalue weighted by atomic mass is 10.1. The molecule has 0 unspecified atom stereocenters. The lowest BCUT2D eigenvalue weighted by molar-refractivity contribution is -0.125. The highest BCUT2D eigenvalue weighted by Gasteiger charge is 2.17. The summed E-state index contributed by atoms with van der Waals surface area (Å²) in [5.74, 6) is -0.449. The molecular formula is C18H15ClN2O4. The quantitative estimate of drug-likeness (QED) is 0.557. The average Bonchev–Trinajstić information content (AvgIpc) is 3.13. The molecule has 1 aromatic carbocycles. The fraction of sp³-hybridized carbons (Fsp3) is 0.167. The van der Waals surface area contributed by atoms with Gasteiger partial charge in [0.2, 0.25) is 0 Å². The minimum absolute atomic E-state index is 0.182. The van der Waals surface area contributed by atoms with Crippen molar-refractivity contribution in [2.24, 2.45) is 0 Å². The van der Waals surface area contributed by atoms with Crippen molar-refractivity contribution in [2.75, 3.05) is 6.61 Å². The van der Waals surface area contributed by atoms with E-state index in [1.165, 1.54) is 12.3 Å². The van der Waals surface area contributed by atoms with Crippen LogP contribution in [-0.4, -0.2) is 23.5 Å². The van der Waals surface area contributed by atoms with Crippen LogP contribution in [0.15, 0.2) is 53.1 Å². The van der Waals surface area contributed by atoms with Gasteiger partial charge in [-0.2, -0.15) is 0 Å². The van der Waals surface area contributed by atoms with Crippen LogP contribution in [0.3, 0.4) is 0 Å². The lowest BCUT2D eigenvalue weighted by Gasteiger charge is -2.12. The second kappa shape index (κ2) is 7.36. The van der Waals surface area contributed by atoms with E-state index in [4.69, 9.17) is 20.8 Å². The number of ether oxygens (including phenoxy) is 1. The molecule has 2 heterocycles. The average molecular weight is 359 g/mol. The molecule has 0 saturated heterocycles. The largest absolute Gasteiger partial charge is 0.467 e. The number of nitrogens with one attached hydrogen (secondary N) is 1. The molecule has 1 amide bonds. The first-order valence-electron chi connectivity index (χ1n) is 7.60. The molecule has 0 radical (unpaired) electrons. The van der Waals surface area contributed by atoms with Gasteiger partial charge in [0.05, 0.1) is 23.4 Å². The van der Waals surface area contributed by atoms with E-state index in [0.29, 0.717) is 16.7 Å². The van der Waals surface area contributed by atoms with Crippen molar-refractivity contribution in [1.82, 2.24) is 10.3 Å². The van der Waals surface area contributed by atoms with E-state index in [1.807, 2.05) is 0 Å². The van der Waals surface area contributed by atoms with Gasteiger partial charge in [0.1, 0.15) is 10.9 Å². The fourth-order valence-electron chi connectivity index (χ4n) is 2.41. The molecule has 0 aliphatic heterocycles. The van der Waals surface area contributed by atoms with Crippen LogP contribution in [-0.2, 0) is 9.53 Å². The summed E-state index contributed by atoms with van der Waals surface area (Å²) in [6.45, 7) is 1.37. The summed E-state index contributed by atoms with van der Waals surface area (Å²) in [7, 11) is 0. The van der Waals surface area contributed by atoms with Crippen molar-refractivity contribution < 1.29 is 18.7 Å². The molecule has 0 aliphatic carbocycles. The third kappa shape index (κ3) is 3.97. The number of hydrogen-bond acceptors (Lipinski definition) is 5. The van der Waals surface area contributed by atoms with Gasteiger partial charge < -0.3 is 14.5 Å². The number of benzene rings is 1. The number of halogens is 1. The third-order valence-corrected chi connectivity index (χ3v) is 3.78. The number of esters is 1. The minimum Gasteiger partial charge on any atom is -0.467 e. The van der Waals surface area contributed by atoms with Gasteiger partial charge in [-0.1, -0.05) is 29.8 Å². The number of furan rings is 1. The van der Waals surface area contributed by atoms with E-state index >= 15 is 0 Å². The van der Waals surface area contributed by atoms with Gasteiger partial charge in [-0.05, 0) is 31.2 Å². The minimum atomic E-state index is -0.638. The normalized spacial score (nSPS) is 11.9. The highest BCUT2D eigenvalue weighted by atomic mass is 35.5. The van der Waals surface area contributed by atoms with E-state index in [-0.39, 0.29) is 16.8 Å². The zero-order valence-electron chi connectivity index (χ0n) is 13.4. The topological polar surface area (TPSA) is 81.4 Å². The van der Waals surface area contributed by atoms with E-state index in [2.05, 4.69) is 10.3 Å². The van der Waals surface area contributed by atoms with Crippen LogP contribution in [0.4, 0.5) is 0 Å². The van der Waals surface area contributed by atoms with Gasteiger partial charge in [-0.25, -0.2) is 9.78 Å². The number of hydrogen-bond donors (Lipinski definition) is 1. The predicted molar refractivity (Wildman–Crippen MR) is 92.3 cm³/mol. The second-order valence-corrected chi connectivity index (χ2v) is 5.78. The van der Waals surface area contributed by atoms with Crippen molar-refractivity contribution in [2.45, 2.75) is 13.0 Å². The van der Waals surface area contributed by atoms with Crippen molar-refractivity contribution in [3.8, 4) is 0 Å². The monoisotopic (exact) mass is 358 g/mol. The Balaban J connectivity index is 1.66.